The number of rotatable bonds is 4. The van der Waals surface area contributed by atoms with Gasteiger partial charge in [-0.1, -0.05) is 54.6 Å². The van der Waals surface area contributed by atoms with Gasteiger partial charge in [-0.05, 0) is 47.9 Å². The van der Waals surface area contributed by atoms with Gasteiger partial charge in [0.25, 0.3) is 5.56 Å². The number of aromatic nitrogens is 2. The molecule has 0 radical (unpaired) electrons. The third-order valence-corrected chi connectivity index (χ3v) is 6.67. The molecule has 0 spiro atoms. The summed E-state index contributed by atoms with van der Waals surface area (Å²) in [4.78, 5) is 31.5. The van der Waals surface area contributed by atoms with E-state index >= 15 is 0 Å². The van der Waals surface area contributed by atoms with Crippen molar-refractivity contribution in [1.29, 1.82) is 0 Å². The van der Waals surface area contributed by atoms with Crippen molar-refractivity contribution < 1.29 is 4.79 Å². The third kappa shape index (κ3) is 3.48. The average molecular weight is 440 g/mol. The van der Waals surface area contributed by atoms with Crippen LogP contribution >= 0.6 is 11.3 Å². The molecule has 1 N–H and O–H groups in total. The lowest BCUT2D eigenvalue weighted by atomic mass is 10.0. The third-order valence-electron chi connectivity index (χ3n) is 5.78. The Balaban J connectivity index is 1.55. The Morgan fingerprint density at radius 2 is 1.78 bits per heavy atom. The molecule has 5 nitrogen and oxygen atoms in total. The normalized spacial score (nSPS) is 12.2. The number of hydrogen-bond donors (Lipinski definition) is 1. The zero-order chi connectivity index (χ0) is 22.2. The van der Waals surface area contributed by atoms with Crippen LogP contribution in [-0.4, -0.2) is 15.5 Å². The smallest absolute Gasteiger partial charge is 0.263 e. The number of nitrogens with zero attached hydrogens (tertiary/aromatic N) is 2. The molecule has 0 bridgehead atoms. The number of benzene rings is 3. The van der Waals surface area contributed by atoms with E-state index in [0.29, 0.717) is 10.2 Å². The Morgan fingerprint density at radius 1 is 1.03 bits per heavy atom. The van der Waals surface area contributed by atoms with Gasteiger partial charge in [0, 0.05) is 16.6 Å². The zero-order valence-corrected chi connectivity index (χ0v) is 18.5. The van der Waals surface area contributed by atoms with Crippen LogP contribution in [0.3, 0.4) is 0 Å². The molecule has 0 aliphatic heterocycles. The fourth-order valence-corrected chi connectivity index (χ4v) is 4.77. The second-order valence-corrected chi connectivity index (χ2v) is 8.69. The highest BCUT2D eigenvalue weighted by Crippen LogP contribution is 2.32. The largest absolute Gasteiger partial charge is 0.324 e. The van der Waals surface area contributed by atoms with Crippen LogP contribution in [0.25, 0.3) is 32.1 Å². The van der Waals surface area contributed by atoms with Crippen LogP contribution in [0, 0.1) is 6.92 Å². The van der Waals surface area contributed by atoms with Gasteiger partial charge in [-0.2, -0.15) is 0 Å². The maximum Gasteiger partial charge on any atom is 0.263 e. The topological polar surface area (TPSA) is 64.0 Å². The lowest BCUT2D eigenvalue weighted by Crippen LogP contribution is -2.31. The van der Waals surface area contributed by atoms with Gasteiger partial charge < -0.3 is 5.32 Å². The first-order valence-corrected chi connectivity index (χ1v) is 11.2. The molecule has 158 valence electrons. The van der Waals surface area contributed by atoms with E-state index in [-0.39, 0.29) is 11.5 Å². The number of nitrogens with one attached hydrogen (secondary N) is 1. The van der Waals surface area contributed by atoms with E-state index in [9.17, 15) is 9.59 Å². The van der Waals surface area contributed by atoms with Crippen molar-refractivity contribution in [1.82, 2.24) is 9.55 Å². The van der Waals surface area contributed by atoms with Crippen LogP contribution in [0.2, 0.25) is 0 Å². The van der Waals surface area contributed by atoms with Crippen molar-refractivity contribution in [2.45, 2.75) is 19.9 Å². The molecular formula is C26H21N3O2S. The lowest BCUT2D eigenvalue weighted by Gasteiger charge is -2.16. The standard InChI is InChI=1S/C26H21N3O2S/c1-16-7-3-6-10-22(16)28-24(30)17(2)29-15-27-25-23(26(29)31)21(14-32-25)20-12-11-18-8-4-5-9-19(18)13-20/h3-15,17H,1-2H3,(H,28,30). The summed E-state index contributed by atoms with van der Waals surface area (Å²) in [5.74, 6) is -0.259. The molecular weight excluding hydrogens is 418 g/mol. The van der Waals surface area contributed by atoms with Crippen molar-refractivity contribution >= 4 is 43.9 Å². The first-order chi connectivity index (χ1) is 15.5. The number of para-hydroxylation sites is 1. The van der Waals surface area contributed by atoms with E-state index < -0.39 is 6.04 Å². The van der Waals surface area contributed by atoms with Crippen molar-refractivity contribution in [3.8, 4) is 11.1 Å². The minimum absolute atomic E-state index is 0.216. The summed E-state index contributed by atoms with van der Waals surface area (Å²) < 4.78 is 1.41. The number of carbonyl (C=O) groups is 1. The molecule has 0 saturated heterocycles. The van der Waals surface area contributed by atoms with E-state index in [1.54, 1.807) is 6.92 Å². The van der Waals surface area contributed by atoms with Crippen LogP contribution in [0.15, 0.2) is 83.2 Å². The fourth-order valence-electron chi connectivity index (χ4n) is 3.87. The van der Waals surface area contributed by atoms with E-state index in [1.807, 2.05) is 54.8 Å². The van der Waals surface area contributed by atoms with Crippen LogP contribution in [0.5, 0.6) is 0 Å². The Kier molecular flexibility index (Phi) is 5.07. The van der Waals surface area contributed by atoms with E-state index in [2.05, 4.69) is 34.6 Å². The first kappa shape index (κ1) is 20.2. The number of fused-ring (bicyclic) bond motifs is 2. The Hall–Kier alpha value is -3.77. The molecule has 5 aromatic rings. The monoisotopic (exact) mass is 439 g/mol. The van der Waals surface area contributed by atoms with E-state index in [1.165, 1.54) is 22.2 Å². The molecule has 0 aliphatic carbocycles. The van der Waals surface area contributed by atoms with Gasteiger partial charge in [0.05, 0.1) is 11.7 Å². The molecule has 0 fully saturated rings. The molecule has 2 heterocycles. The average Bonchev–Trinajstić information content (AvgIpc) is 3.25. The second-order valence-electron chi connectivity index (χ2n) is 7.83. The highest BCUT2D eigenvalue weighted by Gasteiger charge is 2.21. The molecule has 1 atom stereocenters. The van der Waals surface area contributed by atoms with Crippen molar-refractivity contribution in [3.05, 3.63) is 94.4 Å². The van der Waals surface area contributed by atoms with Gasteiger partial charge >= 0.3 is 0 Å². The van der Waals surface area contributed by atoms with Crippen molar-refractivity contribution in [2.24, 2.45) is 0 Å². The minimum atomic E-state index is -0.705. The van der Waals surface area contributed by atoms with Crippen molar-refractivity contribution in [3.63, 3.8) is 0 Å². The molecule has 5 rings (SSSR count). The van der Waals surface area contributed by atoms with E-state index in [4.69, 9.17) is 0 Å². The van der Waals surface area contributed by atoms with Gasteiger partial charge in [0.1, 0.15) is 10.9 Å². The van der Waals surface area contributed by atoms with Gasteiger partial charge in [-0.3, -0.25) is 14.2 Å². The zero-order valence-electron chi connectivity index (χ0n) is 17.7. The highest BCUT2D eigenvalue weighted by molar-refractivity contribution is 7.17. The van der Waals surface area contributed by atoms with Crippen LogP contribution in [0.4, 0.5) is 5.69 Å². The lowest BCUT2D eigenvalue weighted by molar-refractivity contribution is -0.118. The van der Waals surface area contributed by atoms with Gasteiger partial charge in [0.15, 0.2) is 0 Å². The predicted octanol–water partition coefficient (Wildman–Crippen LogP) is 5.79. The number of carbonyl (C=O) groups excluding carboxylic acids is 1. The van der Waals surface area contributed by atoms with Gasteiger partial charge in [-0.25, -0.2) is 4.98 Å². The molecule has 1 amide bonds. The summed E-state index contributed by atoms with van der Waals surface area (Å²) in [7, 11) is 0. The summed E-state index contributed by atoms with van der Waals surface area (Å²) in [6.07, 6.45) is 1.47. The summed E-state index contributed by atoms with van der Waals surface area (Å²) in [5.41, 5.74) is 3.29. The summed E-state index contributed by atoms with van der Waals surface area (Å²) >= 11 is 1.44. The van der Waals surface area contributed by atoms with E-state index in [0.717, 1.165) is 33.2 Å². The summed E-state index contributed by atoms with van der Waals surface area (Å²) in [5, 5.41) is 7.69. The quantitative estimate of drug-likeness (QED) is 0.386. The fraction of sp³-hybridized carbons (Fsp3) is 0.115. The molecule has 0 saturated carbocycles. The molecule has 3 aromatic carbocycles. The molecule has 6 heteroatoms. The molecule has 1 unspecified atom stereocenters. The van der Waals surface area contributed by atoms with Crippen LogP contribution in [0.1, 0.15) is 18.5 Å². The summed E-state index contributed by atoms with van der Waals surface area (Å²) in [6.45, 7) is 3.64. The number of amides is 1. The number of aryl methyl sites for hydroxylation is 1. The number of thiophene rings is 1. The molecule has 0 aliphatic rings. The first-order valence-electron chi connectivity index (χ1n) is 10.4. The second kappa shape index (κ2) is 8.05. The molecule has 32 heavy (non-hydrogen) atoms. The SMILES string of the molecule is Cc1ccccc1NC(=O)C(C)n1cnc2scc(-c3ccc4ccccc4c3)c2c1=O. The van der Waals surface area contributed by atoms with Crippen molar-refractivity contribution in [2.75, 3.05) is 5.32 Å². The highest BCUT2D eigenvalue weighted by atomic mass is 32.1. The maximum absolute atomic E-state index is 13.5. The number of anilines is 1. The Bertz CT molecular complexity index is 1530. The maximum atomic E-state index is 13.5. The van der Waals surface area contributed by atoms with Gasteiger partial charge in [0.2, 0.25) is 5.91 Å². The van der Waals surface area contributed by atoms with Crippen LogP contribution in [-0.2, 0) is 4.79 Å². The Morgan fingerprint density at radius 3 is 2.59 bits per heavy atom. The Labute approximate surface area is 189 Å². The summed E-state index contributed by atoms with van der Waals surface area (Å²) in [6, 6.07) is 21.2. The minimum Gasteiger partial charge on any atom is -0.324 e. The van der Waals surface area contributed by atoms with Crippen LogP contribution < -0.4 is 10.9 Å². The molecule has 2 aromatic heterocycles. The van der Waals surface area contributed by atoms with Gasteiger partial charge in [-0.15, -0.1) is 11.3 Å². The number of hydrogen-bond acceptors (Lipinski definition) is 4. The predicted molar refractivity (Wildman–Crippen MR) is 131 cm³/mol.